The van der Waals surface area contributed by atoms with Crippen LogP contribution in [-0.2, 0) is 0 Å². The summed E-state index contributed by atoms with van der Waals surface area (Å²) in [6, 6.07) is 4.60. The first-order valence-electron chi connectivity index (χ1n) is 8.02. The molecule has 128 valence electrons. The number of carbonyl (C=O) groups excluding carboxylic acids is 1. The van der Waals surface area contributed by atoms with Gasteiger partial charge in [0.2, 0.25) is 0 Å². The number of halogens is 2. The number of fused-ring (bicyclic) bond motifs is 4. The second kappa shape index (κ2) is 5.70. The number of alkyl halides is 2. The number of nitrogens with zero attached hydrogens (tertiary/aromatic N) is 3. The fourth-order valence-electron chi connectivity index (χ4n) is 3.94. The predicted octanol–water partition coefficient (Wildman–Crippen LogP) is 2.00. The van der Waals surface area contributed by atoms with Gasteiger partial charge >= 0.3 is 6.61 Å². The van der Waals surface area contributed by atoms with Gasteiger partial charge in [0.05, 0.1) is 11.6 Å². The summed E-state index contributed by atoms with van der Waals surface area (Å²) in [6.07, 6.45) is 2.15. The summed E-state index contributed by atoms with van der Waals surface area (Å²) >= 11 is 0. The molecule has 0 radical (unpaired) electrons. The van der Waals surface area contributed by atoms with E-state index in [4.69, 9.17) is 5.73 Å². The lowest BCUT2D eigenvalue weighted by Crippen LogP contribution is -2.48. The van der Waals surface area contributed by atoms with E-state index in [1.54, 1.807) is 10.7 Å². The first kappa shape index (κ1) is 15.3. The van der Waals surface area contributed by atoms with Gasteiger partial charge in [-0.15, -0.1) is 0 Å². The van der Waals surface area contributed by atoms with Crippen LogP contribution in [0, 0.1) is 5.92 Å². The Balaban J connectivity index is 1.82. The van der Waals surface area contributed by atoms with Crippen molar-refractivity contribution in [1.82, 2.24) is 14.7 Å². The Hall–Kier alpha value is -2.22. The van der Waals surface area contributed by atoms with E-state index in [-0.39, 0.29) is 17.5 Å². The van der Waals surface area contributed by atoms with Gasteiger partial charge in [0, 0.05) is 18.0 Å². The standard InChI is InChI=1S/C16H18F2N4O2/c17-16(18)24-10-1-2-11-12(7-10)22(20-14(11)15(19)23)13-8-21-5-3-9(13)4-6-21/h1-2,7,9,13,16H,3-6,8H2,(H2,19,23)/t13-/m0/s1. The number of ether oxygens (including phenoxy) is 1. The van der Waals surface area contributed by atoms with Crippen molar-refractivity contribution in [2.75, 3.05) is 19.6 Å². The van der Waals surface area contributed by atoms with Crippen molar-refractivity contribution in [2.24, 2.45) is 11.7 Å². The van der Waals surface area contributed by atoms with E-state index in [1.807, 2.05) is 0 Å². The molecule has 24 heavy (non-hydrogen) atoms. The van der Waals surface area contributed by atoms with Crippen molar-refractivity contribution in [3.63, 3.8) is 0 Å². The van der Waals surface area contributed by atoms with Crippen LogP contribution in [-0.4, -0.2) is 46.8 Å². The minimum absolute atomic E-state index is 0.0518. The molecule has 3 fully saturated rings. The highest BCUT2D eigenvalue weighted by atomic mass is 19.3. The first-order chi connectivity index (χ1) is 11.5. The second-order valence-electron chi connectivity index (χ2n) is 6.42. The average Bonchev–Trinajstić information content (AvgIpc) is 2.94. The van der Waals surface area contributed by atoms with E-state index >= 15 is 0 Å². The summed E-state index contributed by atoms with van der Waals surface area (Å²) in [5, 5.41) is 4.99. The summed E-state index contributed by atoms with van der Waals surface area (Å²) in [5.41, 5.74) is 6.22. The maximum atomic E-state index is 12.5. The number of carbonyl (C=O) groups is 1. The second-order valence-corrected chi connectivity index (χ2v) is 6.42. The predicted molar refractivity (Wildman–Crippen MR) is 83.1 cm³/mol. The van der Waals surface area contributed by atoms with Crippen LogP contribution in [0.1, 0.15) is 29.4 Å². The van der Waals surface area contributed by atoms with Crippen molar-refractivity contribution in [2.45, 2.75) is 25.5 Å². The zero-order chi connectivity index (χ0) is 16.8. The largest absolute Gasteiger partial charge is 0.435 e. The fourth-order valence-corrected chi connectivity index (χ4v) is 3.94. The Morgan fingerprint density at radius 2 is 2.08 bits per heavy atom. The first-order valence-corrected chi connectivity index (χ1v) is 8.02. The van der Waals surface area contributed by atoms with Crippen molar-refractivity contribution >= 4 is 16.8 Å². The van der Waals surface area contributed by atoms with E-state index in [0.717, 1.165) is 32.5 Å². The van der Waals surface area contributed by atoms with Crippen molar-refractivity contribution in [3.8, 4) is 5.75 Å². The fraction of sp³-hybridized carbons (Fsp3) is 0.500. The maximum absolute atomic E-state index is 12.5. The average molecular weight is 336 g/mol. The lowest BCUT2D eigenvalue weighted by molar-refractivity contribution is -0.0497. The van der Waals surface area contributed by atoms with E-state index in [1.165, 1.54) is 12.1 Å². The zero-order valence-electron chi connectivity index (χ0n) is 13.0. The molecule has 1 aromatic carbocycles. The third-order valence-electron chi connectivity index (χ3n) is 5.07. The molecule has 3 saturated heterocycles. The molecule has 1 aromatic heterocycles. The number of hydrogen-bond donors (Lipinski definition) is 1. The SMILES string of the molecule is NC(=O)c1nn([C@H]2CN3CCC2CC3)c2cc(OC(F)F)ccc12. The molecule has 0 saturated carbocycles. The molecule has 0 aliphatic carbocycles. The molecular formula is C16H18F2N4O2. The van der Waals surface area contributed by atoms with E-state index in [0.29, 0.717) is 16.8 Å². The lowest BCUT2D eigenvalue weighted by atomic mass is 9.84. The minimum atomic E-state index is -2.90. The molecule has 0 unspecified atom stereocenters. The normalized spacial score (nSPS) is 26.2. The molecule has 2 aromatic rings. The Bertz CT molecular complexity index is 784. The maximum Gasteiger partial charge on any atom is 0.387 e. The van der Waals surface area contributed by atoms with E-state index in [2.05, 4.69) is 14.7 Å². The monoisotopic (exact) mass is 336 g/mol. The zero-order valence-corrected chi connectivity index (χ0v) is 13.0. The molecule has 0 spiro atoms. The molecule has 3 aliphatic heterocycles. The topological polar surface area (TPSA) is 73.4 Å². The third kappa shape index (κ3) is 2.50. The molecule has 4 heterocycles. The van der Waals surface area contributed by atoms with E-state index < -0.39 is 12.5 Å². The molecule has 2 N–H and O–H groups in total. The number of benzene rings is 1. The third-order valence-corrected chi connectivity index (χ3v) is 5.07. The van der Waals surface area contributed by atoms with Crippen LogP contribution in [0.4, 0.5) is 8.78 Å². The lowest BCUT2D eigenvalue weighted by Gasteiger charge is -2.44. The van der Waals surface area contributed by atoms with Crippen molar-refractivity contribution in [1.29, 1.82) is 0 Å². The summed E-state index contributed by atoms with van der Waals surface area (Å²) in [7, 11) is 0. The number of piperidine rings is 3. The molecule has 8 heteroatoms. The Morgan fingerprint density at radius 1 is 1.33 bits per heavy atom. The number of rotatable bonds is 4. The summed E-state index contributed by atoms with van der Waals surface area (Å²) in [5.74, 6) is -0.100. The highest BCUT2D eigenvalue weighted by molar-refractivity contribution is 6.04. The highest BCUT2D eigenvalue weighted by Crippen LogP contribution is 2.38. The quantitative estimate of drug-likeness (QED) is 0.927. The van der Waals surface area contributed by atoms with Crippen LogP contribution >= 0.6 is 0 Å². The molecule has 1 atom stereocenters. The van der Waals surface area contributed by atoms with Crippen LogP contribution in [0.5, 0.6) is 5.75 Å². The van der Waals surface area contributed by atoms with Gasteiger partial charge < -0.3 is 15.4 Å². The number of primary amides is 1. The summed E-state index contributed by atoms with van der Waals surface area (Å²) in [4.78, 5) is 14.1. The number of amides is 1. The molecule has 6 nitrogen and oxygen atoms in total. The smallest absolute Gasteiger partial charge is 0.387 e. The molecule has 2 bridgehead atoms. The molecule has 3 aliphatic rings. The molecule has 1 amide bonds. The van der Waals surface area contributed by atoms with Gasteiger partial charge in [0.25, 0.3) is 5.91 Å². The summed E-state index contributed by atoms with van der Waals surface area (Å²) in [6.45, 7) is 0.0942. The number of nitrogens with two attached hydrogens (primary N) is 1. The van der Waals surface area contributed by atoms with Gasteiger partial charge in [0.15, 0.2) is 5.69 Å². The molecule has 5 rings (SSSR count). The Labute approximate surface area is 137 Å². The Kier molecular flexibility index (Phi) is 3.64. The van der Waals surface area contributed by atoms with Gasteiger partial charge in [-0.3, -0.25) is 9.48 Å². The van der Waals surface area contributed by atoms with Crippen LogP contribution in [0.2, 0.25) is 0 Å². The number of aromatic nitrogens is 2. The van der Waals surface area contributed by atoms with Crippen LogP contribution in [0.25, 0.3) is 10.9 Å². The number of hydrogen-bond acceptors (Lipinski definition) is 4. The van der Waals surface area contributed by atoms with Crippen molar-refractivity contribution in [3.05, 3.63) is 23.9 Å². The van der Waals surface area contributed by atoms with Crippen LogP contribution in [0.15, 0.2) is 18.2 Å². The van der Waals surface area contributed by atoms with Crippen molar-refractivity contribution < 1.29 is 18.3 Å². The van der Waals surface area contributed by atoms with Gasteiger partial charge in [-0.25, -0.2) is 0 Å². The minimum Gasteiger partial charge on any atom is -0.435 e. The molecular weight excluding hydrogens is 318 g/mol. The summed E-state index contributed by atoms with van der Waals surface area (Å²) < 4.78 is 31.3. The van der Waals surface area contributed by atoms with Crippen LogP contribution in [0.3, 0.4) is 0 Å². The van der Waals surface area contributed by atoms with Gasteiger partial charge in [-0.2, -0.15) is 13.9 Å². The Morgan fingerprint density at radius 3 is 2.67 bits per heavy atom. The van der Waals surface area contributed by atoms with Gasteiger partial charge in [0.1, 0.15) is 5.75 Å². The highest BCUT2D eigenvalue weighted by Gasteiger charge is 2.37. The van der Waals surface area contributed by atoms with Gasteiger partial charge in [-0.05, 0) is 44.0 Å². The van der Waals surface area contributed by atoms with Gasteiger partial charge in [-0.1, -0.05) is 0 Å². The van der Waals surface area contributed by atoms with E-state index in [9.17, 15) is 13.6 Å². The van der Waals surface area contributed by atoms with Crippen LogP contribution < -0.4 is 10.5 Å².